The molecule has 0 bridgehead atoms. The fraction of sp³-hybridized carbons (Fsp3) is 0.471. The van der Waals surface area contributed by atoms with Gasteiger partial charge in [0.05, 0.1) is 11.1 Å². The van der Waals surface area contributed by atoms with Crippen molar-refractivity contribution in [2.45, 2.75) is 17.4 Å². The third-order valence-electron chi connectivity index (χ3n) is 5.00. The molecule has 4 rings (SSSR count). The van der Waals surface area contributed by atoms with Crippen LogP contribution in [-0.4, -0.2) is 68.1 Å². The van der Waals surface area contributed by atoms with Crippen molar-refractivity contribution in [3.63, 3.8) is 0 Å². The minimum Gasteiger partial charge on any atom is -0.356 e. The van der Waals surface area contributed by atoms with Crippen molar-refractivity contribution in [3.05, 3.63) is 36.5 Å². The molecule has 26 heavy (non-hydrogen) atoms. The number of hydrogen-bond donors (Lipinski definition) is 1. The summed E-state index contributed by atoms with van der Waals surface area (Å²) < 4.78 is 33.2. The van der Waals surface area contributed by atoms with Gasteiger partial charge in [0.25, 0.3) is 0 Å². The zero-order valence-corrected chi connectivity index (χ0v) is 16.0. The Morgan fingerprint density at radius 3 is 2.62 bits per heavy atom. The molecule has 0 amide bonds. The first-order chi connectivity index (χ1) is 12.2. The van der Waals surface area contributed by atoms with Gasteiger partial charge in [0.15, 0.2) is 5.76 Å². The van der Waals surface area contributed by atoms with Crippen LogP contribution in [0.3, 0.4) is 0 Å². The molecule has 0 radical (unpaired) electrons. The average Bonchev–Trinajstić information content (AvgIpc) is 3.35. The number of nitrogens with zero attached hydrogens (tertiary/aromatic N) is 3. The standard InChI is InChI=1S/C17H22N4O3S.ClH/c22-25(23,17-4-2-1-3-15(17)16-5-7-19-24-16)21-10-6-14(13-21)20-11-8-18-9-12-20;/h1-5,7,14,18H,6,8-13H2;1H. The molecule has 1 aromatic carbocycles. The van der Waals surface area contributed by atoms with Crippen LogP contribution in [0.2, 0.25) is 0 Å². The maximum Gasteiger partial charge on any atom is 0.243 e. The average molecular weight is 399 g/mol. The van der Waals surface area contributed by atoms with Crippen LogP contribution in [0, 0.1) is 0 Å². The summed E-state index contributed by atoms with van der Waals surface area (Å²) >= 11 is 0. The number of hydrogen-bond acceptors (Lipinski definition) is 6. The Morgan fingerprint density at radius 1 is 1.12 bits per heavy atom. The van der Waals surface area contributed by atoms with E-state index in [9.17, 15) is 8.42 Å². The van der Waals surface area contributed by atoms with Gasteiger partial charge in [-0.25, -0.2) is 8.42 Å². The van der Waals surface area contributed by atoms with E-state index in [4.69, 9.17) is 4.52 Å². The topological polar surface area (TPSA) is 78.7 Å². The number of benzene rings is 1. The van der Waals surface area contributed by atoms with Gasteiger partial charge in [0.2, 0.25) is 10.0 Å². The molecular weight excluding hydrogens is 376 g/mol. The molecule has 2 saturated heterocycles. The molecule has 2 aliphatic heterocycles. The molecule has 0 aliphatic carbocycles. The van der Waals surface area contributed by atoms with Crippen LogP contribution in [0.4, 0.5) is 0 Å². The molecule has 142 valence electrons. The fourth-order valence-corrected chi connectivity index (χ4v) is 5.35. The van der Waals surface area contributed by atoms with Gasteiger partial charge in [-0.05, 0) is 18.6 Å². The summed E-state index contributed by atoms with van der Waals surface area (Å²) in [6.45, 7) is 5.00. The van der Waals surface area contributed by atoms with Gasteiger partial charge in [-0.2, -0.15) is 4.31 Å². The zero-order chi connectivity index (χ0) is 17.3. The number of sulfonamides is 1. The summed E-state index contributed by atoms with van der Waals surface area (Å²) in [5, 5.41) is 7.04. The normalized spacial score (nSPS) is 22.2. The van der Waals surface area contributed by atoms with Gasteiger partial charge in [-0.15, -0.1) is 12.4 Å². The molecule has 9 heteroatoms. The summed E-state index contributed by atoms with van der Waals surface area (Å²) in [7, 11) is -3.56. The quantitative estimate of drug-likeness (QED) is 0.839. The van der Waals surface area contributed by atoms with Crippen LogP contribution in [0.25, 0.3) is 11.3 Å². The van der Waals surface area contributed by atoms with Gasteiger partial charge < -0.3 is 9.84 Å². The molecule has 2 aromatic rings. The van der Waals surface area contributed by atoms with E-state index in [1.165, 1.54) is 6.20 Å². The molecule has 2 fully saturated rings. The Kier molecular flexibility index (Phi) is 5.99. The van der Waals surface area contributed by atoms with E-state index in [1.807, 2.05) is 6.07 Å². The van der Waals surface area contributed by atoms with Crippen molar-refractivity contribution >= 4 is 22.4 Å². The minimum absolute atomic E-state index is 0. The molecule has 1 atom stereocenters. The fourth-order valence-electron chi connectivity index (χ4n) is 3.66. The van der Waals surface area contributed by atoms with Gasteiger partial charge in [-0.1, -0.05) is 17.3 Å². The number of piperazine rings is 1. The Hall–Kier alpha value is -1.45. The predicted molar refractivity (Wildman–Crippen MR) is 101 cm³/mol. The molecule has 3 heterocycles. The highest BCUT2D eigenvalue weighted by molar-refractivity contribution is 7.89. The van der Waals surface area contributed by atoms with Crippen LogP contribution in [0.1, 0.15) is 6.42 Å². The molecule has 0 saturated carbocycles. The van der Waals surface area contributed by atoms with E-state index < -0.39 is 10.0 Å². The molecule has 1 N–H and O–H groups in total. The number of rotatable bonds is 4. The third-order valence-corrected chi connectivity index (χ3v) is 6.93. The second-order valence-electron chi connectivity index (χ2n) is 6.46. The molecule has 1 aromatic heterocycles. The maximum absolute atomic E-state index is 13.2. The lowest BCUT2D eigenvalue weighted by molar-refractivity contribution is 0.179. The molecular formula is C17H23ClN4O3S. The van der Waals surface area contributed by atoms with Crippen LogP contribution in [0.15, 0.2) is 45.9 Å². The Labute approximate surface area is 159 Å². The monoisotopic (exact) mass is 398 g/mol. The molecule has 7 nitrogen and oxygen atoms in total. The first-order valence-corrected chi connectivity index (χ1v) is 10.1. The number of aromatic nitrogens is 1. The zero-order valence-electron chi connectivity index (χ0n) is 14.4. The molecule has 2 aliphatic rings. The van der Waals surface area contributed by atoms with Crippen molar-refractivity contribution in [3.8, 4) is 11.3 Å². The Morgan fingerprint density at radius 2 is 1.88 bits per heavy atom. The maximum atomic E-state index is 13.2. The highest BCUT2D eigenvalue weighted by atomic mass is 35.5. The summed E-state index contributed by atoms with van der Waals surface area (Å²) in [5.74, 6) is 0.469. The van der Waals surface area contributed by atoms with E-state index in [0.29, 0.717) is 30.5 Å². The van der Waals surface area contributed by atoms with Crippen molar-refractivity contribution in [2.75, 3.05) is 39.3 Å². The van der Waals surface area contributed by atoms with E-state index in [0.717, 1.165) is 32.6 Å². The van der Waals surface area contributed by atoms with Crippen molar-refractivity contribution < 1.29 is 12.9 Å². The van der Waals surface area contributed by atoms with Crippen molar-refractivity contribution in [2.24, 2.45) is 0 Å². The summed E-state index contributed by atoms with van der Waals surface area (Å²) in [6.07, 6.45) is 2.40. The van der Waals surface area contributed by atoms with E-state index in [1.54, 1.807) is 28.6 Å². The van der Waals surface area contributed by atoms with Crippen LogP contribution in [0.5, 0.6) is 0 Å². The van der Waals surface area contributed by atoms with Crippen molar-refractivity contribution in [1.82, 2.24) is 19.7 Å². The van der Waals surface area contributed by atoms with Crippen molar-refractivity contribution in [1.29, 1.82) is 0 Å². The van der Waals surface area contributed by atoms with Gasteiger partial charge in [-0.3, -0.25) is 4.90 Å². The minimum atomic E-state index is -3.56. The highest BCUT2D eigenvalue weighted by Crippen LogP contribution is 2.31. The lowest BCUT2D eigenvalue weighted by Crippen LogP contribution is -2.49. The SMILES string of the molecule is Cl.O=S(=O)(c1ccccc1-c1ccno1)N1CCC(N2CCNCC2)C1. The summed E-state index contributed by atoms with van der Waals surface area (Å²) in [5.41, 5.74) is 0.561. The van der Waals surface area contributed by atoms with Crippen LogP contribution < -0.4 is 5.32 Å². The Bertz CT molecular complexity index is 822. The largest absolute Gasteiger partial charge is 0.356 e. The second-order valence-corrected chi connectivity index (χ2v) is 8.37. The Balaban J connectivity index is 0.00000196. The molecule has 0 spiro atoms. The van der Waals surface area contributed by atoms with Gasteiger partial charge in [0, 0.05) is 56.9 Å². The summed E-state index contributed by atoms with van der Waals surface area (Å²) in [6, 6.07) is 8.94. The number of nitrogens with one attached hydrogen (secondary N) is 1. The first kappa shape index (κ1) is 19.3. The van der Waals surface area contributed by atoms with E-state index in [-0.39, 0.29) is 17.3 Å². The highest BCUT2D eigenvalue weighted by Gasteiger charge is 2.36. The molecule has 1 unspecified atom stereocenters. The van der Waals surface area contributed by atoms with Gasteiger partial charge in [0.1, 0.15) is 0 Å². The lowest BCUT2D eigenvalue weighted by Gasteiger charge is -2.32. The number of halogens is 1. The van der Waals surface area contributed by atoms with Gasteiger partial charge >= 0.3 is 0 Å². The smallest absolute Gasteiger partial charge is 0.243 e. The summed E-state index contributed by atoms with van der Waals surface area (Å²) in [4.78, 5) is 2.68. The van der Waals surface area contributed by atoms with Crippen LogP contribution in [-0.2, 0) is 10.0 Å². The first-order valence-electron chi connectivity index (χ1n) is 8.61. The van der Waals surface area contributed by atoms with E-state index >= 15 is 0 Å². The lowest BCUT2D eigenvalue weighted by atomic mass is 10.2. The third kappa shape index (κ3) is 3.65. The van der Waals surface area contributed by atoms with E-state index in [2.05, 4.69) is 15.4 Å². The predicted octanol–water partition coefficient (Wildman–Crippen LogP) is 1.43. The van der Waals surface area contributed by atoms with Crippen LogP contribution >= 0.6 is 12.4 Å². The second kappa shape index (κ2) is 8.06.